The summed E-state index contributed by atoms with van der Waals surface area (Å²) in [4.78, 5) is 6.28. The summed E-state index contributed by atoms with van der Waals surface area (Å²) in [6.45, 7) is 0.155. The molecule has 0 bridgehead atoms. The van der Waals surface area contributed by atoms with Gasteiger partial charge in [-0.15, -0.1) is 0 Å². The average molecular weight is 424 g/mol. The van der Waals surface area contributed by atoms with Crippen LogP contribution in [-0.2, 0) is 23.0 Å². The number of aliphatic hydroxyl groups excluding tert-OH is 1. The average Bonchev–Trinajstić information content (AvgIpc) is 2.76. The molecule has 0 unspecified atom stereocenters. The second-order valence-electron chi connectivity index (χ2n) is 7.73. The fourth-order valence-corrected chi connectivity index (χ4v) is 5.74. The van der Waals surface area contributed by atoms with E-state index in [9.17, 15) is 13.5 Å². The maximum Gasteiger partial charge on any atom is 0.244 e. The minimum Gasteiger partial charge on any atom is -0.387 e. The van der Waals surface area contributed by atoms with E-state index in [-0.39, 0.29) is 11.4 Å². The molecule has 1 aliphatic heterocycles. The van der Waals surface area contributed by atoms with Gasteiger partial charge in [0.1, 0.15) is 0 Å². The van der Waals surface area contributed by atoms with Crippen molar-refractivity contribution >= 4 is 15.7 Å². The first-order valence-corrected chi connectivity index (χ1v) is 11.3. The highest BCUT2D eigenvalue weighted by atomic mass is 32.2. The van der Waals surface area contributed by atoms with E-state index in [1.54, 1.807) is 42.7 Å². The zero-order valence-electron chi connectivity index (χ0n) is 17.0. The summed E-state index contributed by atoms with van der Waals surface area (Å²) in [7, 11) is 0.175. The molecule has 2 aromatic carbocycles. The van der Waals surface area contributed by atoms with Crippen molar-refractivity contribution in [2.24, 2.45) is 0 Å². The largest absolute Gasteiger partial charge is 0.387 e. The third-order valence-electron chi connectivity index (χ3n) is 5.52. The lowest BCUT2D eigenvalue weighted by molar-refractivity contribution is 0.0769. The highest BCUT2D eigenvalue weighted by Gasteiger charge is 2.43. The lowest BCUT2D eigenvalue weighted by Crippen LogP contribution is -2.48. The summed E-state index contributed by atoms with van der Waals surface area (Å²) in [6, 6.07) is 17.7. The van der Waals surface area contributed by atoms with Crippen molar-refractivity contribution in [1.82, 2.24) is 9.29 Å². The molecular formula is C23H25N3O3S. The number of aliphatic hydroxyl groups is 1. The Morgan fingerprint density at radius 3 is 2.40 bits per heavy atom. The van der Waals surface area contributed by atoms with E-state index in [1.807, 2.05) is 49.3 Å². The number of aromatic nitrogens is 1. The molecule has 0 saturated heterocycles. The fourth-order valence-electron chi connectivity index (χ4n) is 3.89. The number of hydrogen-bond donors (Lipinski definition) is 1. The summed E-state index contributed by atoms with van der Waals surface area (Å²) in [5, 5.41) is 11.2. The standard InChI is InChI=1S/C23H25N3O3S/c1-25(2)19-11-9-17(10-12-19)14-21-23(27)20-7-3-4-8-22(20)30(28,29)26(21)16-18-6-5-13-24-15-18/h3-13,15,21,23,27H,14,16H2,1-2H3/t21-,23+/m0/s1. The van der Waals surface area contributed by atoms with Crippen LogP contribution in [0.3, 0.4) is 0 Å². The third kappa shape index (κ3) is 3.84. The van der Waals surface area contributed by atoms with Crippen LogP contribution in [-0.4, -0.2) is 43.0 Å². The molecule has 0 fully saturated rings. The SMILES string of the molecule is CN(C)c1ccc(C[C@H]2[C@H](O)c3ccccc3S(=O)(=O)N2Cc2cccnc2)cc1. The van der Waals surface area contributed by atoms with Gasteiger partial charge in [0.25, 0.3) is 0 Å². The topological polar surface area (TPSA) is 73.7 Å². The number of pyridine rings is 1. The van der Waals surface area contributed by atoms with Gasteiger partial charge in [0.15, 0.2) is 0 Å². The van der Waals surface area contributed by atoms with Crippen molar-refractivity contribution in [3.05, 3.63) is 89.7 Å². The summed E-state index contributed by atoms with van der Waals surface area (Å²) >= 11 is 0. The van der Waals surface area contributed by atoms with Crippen LogP contribution in [0.15, 0.2) is 78.0 Å². The molecule has 0 radical (unpaired) electrons. The molecule has 156 valence electrons. The Kier molecular flexibility index (Phi) is 5.60. The molecule has 3 aromatic rings. The molecule has 0 aliphatic carbocycles. The molecule has 6 nitrogen and oxygen atoms in total. The number of anilines is 1. The zero-order chi connectivity index (χ0) is 21.3. The summed E-state index contributed by atoms with van der Waals surface area (Å²) in [5.41, 5.74) is 3.26. The monoisotopic (exact) mass is 423 g/mol. The second-order valence-corrected chi connectivity index (χ2v) is 9.59. The maximum absolute atomic E-state index is 13.5. The highest BCUT2D eigenvalue weighted by molar-refractivity contribution is 7.89. The number of rotatable bonds is 5. The number of nitrogens with zero attached hydrogens (tertiary/aromatic N) is 3. The molecule has 30 heavy (non-hydrogen) atoms. The second kappa shape index (κ2) is 8.18. The van der Waals surface area contributed by atoms with Crippen LogP contribution in [0.25, 0.3) is 0 Å². The Labute approximate surface area is 177 Å². The molecule has 0 spiro atoms. The van der Waals surface area contributed by atoms with Crippen LogP contribution >= 0.6 is 0 Å². The van der Waals surface area contributed by atoms with Crippen molar-refractivity contribution in [3.63, 3.8) is 0 Å². The van der Waals surface area contributed by atoms with Gasteiger partial charge in [-0.3, -0.25) is 4.98 Å². The van der Waals surface area contributed by atoms with E-state index in [4.69, 9.17) is 0 Å². The van der Waals surface area contributed by atoms with E-state index in [0.29, 0.717) is 12.0 Å². The molecule has 4 rings (SSSR count). The van der Waals surface area contributed by atoms with Crippen LogP contribution in [0.2, 0.25) is 0 Å². The summed E-state index contributed by atoms with van der Waals surface area (Å²) in [6.07, 6.45) is 2.80. The third-order valence-corrected chi connectivity index (χ3v) is 7.46. The van der Waals surface area contributed by atoms with Gasteiger partial charge in [-0.25, -0.2) is 8.42 Å². The molecule has 1 aliphatic rings. The van der Waals surface area contributed by atoms with Crippen LogP contribution in [0.5, 0.6) is 0 Å². The van der Waals surface area contributed by atoms with Crippen LogP contribution in [0.1, 0.15) is 22.8 Å². The maximum atomic E-state index is 13.5. The summed E-state index contributed by atoms with van der Waals surface area (Å²) < 4.78 is 28.4. The van der Waals surface area contributed by atoms with Crippen LogP contribution < -0.4 is 4.90 Å². The summed E-state index contributed by atoms with van der Waals surface area (Å²) in [5.74, 6) is 0. The minimum atomic E-state index is -3.77. The first-order chi connectivity index (χ1) is 14.4. The van der Waals surface area contributed by atoms with Gasteiger partial charge in [0.2, 0.25) is 10.0 Å². The van der Waals surface area contributed by atoms with E-state index < -0.39 is 22.2 Å². The molecule has 1 N–H and O–H groups in total. The van der Waals surface area contributed by atoms with E-state index >= 15 is 0 Å². The van der Waals surface area contributed by atoms with Crippen molar-refractivity contribution in [1.29, 1.82) is 0 Å². The number of fused-ring (bicyclic) bond motifs is 1. The Morgan fingerprint density at radius 2 is 1.73 bits per heavy atom. The van der Waals surface area contributed by atoms with Gasteiger partial charge < -0.3 is 10.0 Å². The van der Waals surface area contributed by atoms with Crippen molar-refractivity contribution in [3.8, 4) is 0 Å². The predicted octanol–water partition coefficient (Wildman–Crippen LogP) is 3.00. The Bertz CT molecular complexity index is 1120. The predicted molar refractivity (Wildman–Crippen MR) is 117 cm³/mol. The highest BCUT2D eigenvalue weighted by Crippen LogP contribution is 2.39. The lowest BCUT2D eigenvalue weighted by Gasteiger charge is -2.39. The van der Waals surface area contributed by atoms with Gasteiger partial charge in [0, 0.05) is 44.3 Å². The first kappa shape index (κ1) is 20.5. The Hall–Kier alpha value is -2.74. The smallest absolute Gasteiger partial charge is 0.244 e. The molecule has 0 saturated carbocycles. The van der Waals surface area contributed by atoms with E-state index in [1.165, 1.54) is 4.31 Å². The number of hydrogen-bond acceptors (Lipinski definition) is 5. The van der Waals surface area contributed by atoms with Crippen molar-refractivity contribution in [2.45, 2.75) is 30.0 Å². The molecular weight excluding hydrogens is 398 g/mol. The number of sulfonamides is 1. The Morgan fingerprint density at radius 1 is 1.00 bits per heavy atom. The molecule has 2 atom stereocenters. The van der Waals surface area contributed by atoms with Crippen molar-refractivity contribution in [2.75, 3.05) is 19.0 Å². The van der Waals surface area contributed by atoms with Crippen molar-refractivity contribution < 1.29 is 13.5 Å². The van der Waals surface area contributed by atoms with Crippen LogP contribution in [0.4, 0.5) is 5.69 Å². The van der Waals surface area contributed by atoms with E-state index in [0.717, 1.165) is 16.8 Å². The fraction of sp³-hybridized carbons (Fsp3) is 0.261. The van der Waals surface area contributed by atoms with Crippen LogP contribution in [0, 0.1) is 0 Å². The first-order valence-electron chi connectivity index (χ1n) is 9.82. The van der Waals surface area contributed by atoms with Gasteiger partial charge in [0.05, 0.1) is 17.0 Å². The van der Waals surface area contributed by atoms with Gasteiger partial charge >= 0.3 is 0 Å². The quantitative estimate of drug-likeness (QED) is 0.683. The van der Waals surface area contributed by atoms with E-state index in [2.05, 4.69) is 4.98 Å². The Balaban J connectivity index is 1.74. The molecule has 1 aromatic heterocycles. The molecule has 7 heteroatoms. The minimum absolute atomic E-state index is 0.155. The zero-order valence-corrected chi connectivity index (χ0v) is 17.8. The van der Waals surface area contributed by atoms with Gasteiger partial charge in [-0.2, -0.15) is 4.31 Å². The normalized spacial score (nSPS) is 20.5. The van der Waals surface area contributed by atoms with Gasteiger partial charge in [-0.05, 0) is 41.8 Å². The lowest BCUT2D eigenvalue weighted by atomic mass is 9.95. The molecule has 2 heterocycles. The van der Waals surface area contributed by atoms with Gasteiger partial charge in [-0.1, -0.05) is 36.4 Å². The molecule has 0 amide bonds. The number of benzene rings is 2.